The topological polar surface area (TPSA) is 54.4 Å². The van der Waals surface area contributed by atoms with Gasteiger partial charge in [0.25, 0.3) is 0 Å². The van der Waals surface area contributed by atoms with E-state index < -0.39 is 11.9 Å². The van der Waals surface area contributed by atoms with Crippen molar-refractivity contribution in [2.75, 3.05) is 0 Å². The summed E-state index contributed by atoms with van der Waals surface area (Å²) in [4.78, 5) is 24.0. The Morgan fingerprint density at radius 1 is 1.09 bits per heavy atom. The zero-order valence-electron chi connectivity index (χ0n) is 12.5. The Bertz CT molecular complexity index is 746. The average Bonchev–Trinajstić information content (AvgIpc) is 2.66. The highest BCUT2D eigenvalue weighted by Crippen LogP contribution is 2.28. The summed E-state index contributed by atoms with van der Waals surface area (Å²) in [5.74, 6) is -1.28. The van der Waals surface area contributed by atoms with Crippen LogP contribution >= 0.6 is 0 Å². The van der Waals surface area contributed by atoms with Crippen LogP contribution in [0.15, 0.2) is 42.5 Å². The second kappa shape index (κ2) is 5.76. The van der Waals surface area contributed by atoms with Crippen LogP contribution in [0.25, 0.3) is 0 Å². The number of carbonyl (C=O) groups excluding carboxylic acids is 1. The molecule has 0 bridgehead atoms. The maximum Gasteiger partial charge on any atom is 0.310 e. The highest BCUT2D eigenvalue weighted by Gasteiger charge is 2.23. The third kappa shape index (κ3) is 2.43. The van der Waals surface area contributed by atoms with Gasteiger partial charge in [-0.2, -0.15) is 0 Å². The van der Waals surface area contributed by atoms with Crippen molar-refractivity contribution >= 4 is 11.8 Å². The van der Waals surface area contributed by atoms with Crippen LogP contribution in [0, 0.1) is 0 Å². The maximum absolute atomic E-state index is 12.7. The monoisotopic (exact) mass is 294 g/mol. The quantitative estimate of drug-likeness (QED) is 0.941. The predicted molar refractivity (Wildman–Crippen MR) is 84.4 cm³/mol. The second-order valence-electron chi connectivity index (χ2n) is 5.70. The first-order valence-electron chi connectivity index (χ1n) is 7.60. The molecule has 2 aromatic carbocycles. The molecule has 1 aliphatic rings. The molecule has 0 aromatic heterocycles. The van der Waals surface area contributed by atoms with Crippen LogP contribution in [0.3, 0.4) is 0 Å². The summed E-state index contributed by atoms with van der Waals surface area (Å²) in [6, 6.07) is 13.2. The summed E-state index contributed by atoms with van der Waals surface area (Å²) in [5, 5.41) is 9.31. The van der Waals surface area contributed by atoms with Crippen LogP contribution in [-0.2, 0) is 17.6 Å². The van der Waals surface area contributed by atoms with Gasteiger partial charge in [-0.1, -0.05) is 49.4 Å². The van der Waals surface area contributed by atoms with Gasteiger partial charge >= 0.3 is 5.97 Å². The van der Waals surface area contributed by atoms with Crippen molar-refractivity contribution in [3.05, 3.63) is 70.3 Å². The van der Waals surface area contributed by atoms with Crippen molar-refractivity contribution in [2.24, 2.45) is 0 Å². The fraction of sp³-hybridized carbons (Fsp3) is 0.263. The number of ketones is 1. The summed E-state index contributed by atoms with van der Waals surface area (Å²) in [5.41, 5.74) is 4.27. The number of carboxylic acids is 1. The summed E-state index contributed by atoms with van der Waals surface area (Å²) in [7, 11) is 0. The van der Waals surface area contributed by atoms with E-state index in [2.05, 4.69) is 0 Å². The molecule has 3 heteroatoms. The molecule has 0 fully saturated rings. The van der Waals surface area contributed by atoms with Crippen molar-refractivity contribution in [3.63, 3.8) is 0 Å². The lowest BCUT2D eigenvalue weighted by atomic mass is 9.91. The number of fused-ring (bicyclic) bond motifs is 2. The van der Waals surface area contributed by atoms with Gasteiger partial charge in [0.1, 0.15) is 0 Å². The highest BCUT2D eigenvalue weighted by molar-refractivity contribution is 6.11. The van der Waals surface area contributed by atoms with Crippen LogP contribution in [0.4, 0.5) is 0 Å². The fourth-order valence-corrected chi connectivity index (χ4v) is 3.19. The van der Waals surface area contributed by atoms with Gasteiger partial charge in [0.15, 0.2) is 5.78 Å². The number of carboxylic acid groups (broad SMARTS) is 1. The molecule has 1 N–H and O–H groups in total. The van der Waals surface area contributed by atoms with Crippen LogP contribution in [-0.4, -0.2) is 16.9 Å². The van der Waals surface area contributed by atoms with E-state index in [1.807, 2.05) is 37.3 Å². The fourth-order valence-electron chi connectivity index (χ4n) is 3.19. The molecule has 0 radical (unpaired) electrons. The van der Waals surface area contributed by atoms with Crippen LogP contribution < -0.4 is 0 Å². The van der Waals surface area contributed by atoms with E-state index in [1.54, 1.807) is 12.1 Å². The molecule has 3 rings (SSSR count). The van der Waals surface area contributed by atoms with E-state index in [4.69, 9.17) is 0 Å². The molecule has 2 aromatic rings. The smallest absolute Gasteiger partial charge is 0.310 e. The zero-order chi connectivity index (χ0) is 15.7. The number of benzene rings is 2. The van der Waals surface area contributed by atoms with Crippen molar-refractivity contribution in [3.8, 4) is 0 Å². The molecule has 22 heavy (non-hydrogen) atoms. The van der Waals surface area contributed by atoms with Crippen molar-refractivity contribution in [1.29, 1.82) is 0 Å². The number of aryl methyl sites for hydroxylation is 2. The van der Waals surface area contributed by atoms with Gasteiger partial charge in [-0.05, 0) is 36.0 Å². The SMILES string of the molecule is CCC(C(=O)O)c1ccc2c(c1)CCc1ccccc1C2=O. The van der Waals surface area contributed by atoms with E-state index in [1.165, 1.54) is 0 Å². The molecule has 0 spiro atoms. The highest BCUT2D eigenvalue weighted by atomic mass is 16.4. The second-order valence-corrected chi connectivity index (χ2v) is 5.70. The standard InChI is InChI=1S/C19H18O3/c1-2-15(19(21)22)13-9-10-17-14(11-13)8-7-12-5-3-4-6-16(12)18(17)20/h3-6,9-11,15H,2,7-8H2,1H3,(H,21,22). The Balaban J connectivity index is 2.05. The first kappa shape index (κ1) is 14.5. The largest absolute Gasteiger partial charge is 0.481 e. The Hall–Kier alpha value is -2.42. The van der Waals surface area contributed by atoms with Gasteiger partial charge < -0.3 is 5.11 Å². The third-order valence-corrected chi connectivity index (χ3v) is 4.41. The van der Waals surface area contributed by atoms with Gasteiger partial charge in [-0.25, -0.2) is 0 Å². The number of hydrogen-bond donors (Lipinski definition) is 1. The number of carbonyl (C=O) groups is 2. The molecular weight excluding hydrogens is 276 g/mol. The zero-order valence-corrected chi connectivity index (χ0v) is 12.5. The van der Waals surface area contributed by atoms with E-state index in [9.17, 15) is 14.7 Å². The van der Waals surface area contributed by atoms with Gasteiger partial charge in [0.05, 0.1) is 5.92 Å². The number of hydrogen-bond acceptors (Lipinski definition) is 2. The molecule has 3 nitrogen and oxygen atoms in total. The summed E-state index contributed by atoms with van der Waals surface area (Å²) in [6.45, 7) is 1.87. The molecule has 112 valence electrons. The number of rotatable bonds is 3. The Morgan fingerprint density at radius 2 is 1.77 bits per heavy atom. The van der Waals surface area contributed by atoms with Crippen LogP contribution in [0.2, 0.25) is 0 Å². The van der Waals surface area contributed by atoms with Gasteiger partial charge in [-0.3, -0.25) is 9.59 Å². The lowest BCUT2D eigenvalue weighted by Crippen LogP contribution is -2.12. The van der Waals surface area contributed by atoms with Crippen molar-refractivity contribution in [2.45, 2.75) is 32.1 Å². The number of aliphatic carboxylic acids is 1. The average molecular weight is 294 g/mol. The van der Waals surface area contributed by atoms with E-state index >= 15 is 0 Å². The molecule has 1 atom stereocenters. The minimum Gasteiger partial charge on any atom is -0.481 e. The molecule has 0 aliphatic heterocycles. The van der Waals surface area contributed by atoms with Crippen LogP contribution in [0.1, 0.15) is 51.9 Å². The third-order valence-electron chi connectivity index (χ3n) is 4.41. The summed E-state index contributed by atoms with van der Waals surface area (Å²) >= 11 is 0. The Morgan fingerprint density at radius 3 is 2.50 bits per heavy atom. The first-order valence-corrected chi connectivity index (χ1v) is 7.60. The molecule has 1 unspecified atom stereocenters. The molecule has 0 amide bonds. The lowest BCUT2D eigenvalue weighted by Gasteiger charge is -2.13. The molecule has 0 heterocycles. The molecule has 1 aliphatic carbocycles. The van der Waals surface area contributed by atoms with Crippen molar-refractivity contribution < 1.29 is 14.7 Å². The maximum atomic E-state index is 12.7. The molecule has 0 saturated heterocycles. The van der Waals surface area contributed by atoms with E-state index in [0.717, 1.165) is 35.1 Å². The van der Waals surface area contributed by atoms with Gasteiger partial charge in [-0.15, -0.1) is 0 Å². The lowest BCUT2D eigenvalue weighted by molar-refractivity contribution is -0.138. The van der Waals surface area contributed by atoms with Gasteiger partial charge in [0.2, 0.25) is 0 Å². The summed E-state index contributed by atoms with van der Waals surface area (Å²) in [6.07, 6.45) is 2.12. The van der Waals surface area contributed by atoms with Crippen LogP contribution in [0.5, 0.6) is 0 Å². The predicted octanol–water partition coefficient (Wildman–Crippen LogP) is 3.59. The minimum atomic E-state index is -0.814. The normalized spacial score (nSPS) is 14.7. The Labute approximate surface area is 129 Å². The summed E-state index contributed by atoms with van der Waals surface area (Å²) < 4.78 is 0. The van der Waals surface area contributed by atoms with Crippen molar-refractivity contribution in [1.82, 2.24) is 0 Å². The molecular formula is C19H18O3. The molecule has 0 saturated carbocycles. The van der Waals surface area contributed by atoms with E-state index in [-0.39, 0.29) is 5.78 Å². The Kier molecular flexibility index (Phi) is 3.80. The van der Waals surface area contributed by atoms with Gasteiger partial charge in [0, 0.05) is 11.1 Å². The minimum absolute atomic E-state index is 0.0398. The van der Waals surface area contributed by atoms with E-state index in [0.29, 0.717) is 12.0 Å². The first-order chi connectivity index (χ1) is 10.6.